The number of anilines is 2. The maximum Gasteiger partial charge on any atom is 0.184 e. The maximum atomic E-state index is 13.4. The Morgan fingerprint density at radius 3 is 1.46 bits per heavy atom. The molecule has 2 fully saturated rings. The van der Waals surface area contributed by atoms with E-state index in [0.29, 0.717) is 54.1 Å². The molecule has 6 N–H and O–H groups in total. The van der Waals surface area contributed by atoms with Crippen LogP contribution < -0.4 is 20.9 Å². The average Bonchev–Trinajstić information content (AvgIpc) is 3.28. The Bertz CT molecular complexity index is 1760. The highest BCUT2D eigenvalue weighted by molar-refractivity contribution is 6.01. The zero-order valence-electron chi connectivity index (χ0n) is 35.6. The van der Waals surface area contributed by atoms with Gasteiger partial charge in [0.05, 0.1) is 31.3 Å². The van der Waals surface area contributed by atoms with Crippen molar-refractivity contribution in [3.8, 4) is 11.5 Å². The predicted molar refractivity (Wildman–Crippen MR) is 244 cm³/mol. The van der Waals surface area contributed by atoms with E-state index in [9.17, 15) is 19.8 Å². The molecule has 5 rings (SSSR count). The number of benzene rings is 3. The Labute approximate surface area is 362 Å². The van der Waals surface area contributed by atoms with Gasteiger partial charge in [-0.25, -0.2) is 0 Å². The van der Waals surface area contributed by atoms with Gasteiger partial charge in [-0.3, -0.25) is 9.59 Å². The molecule has 0 aromatic heterocycles. The summed E-state index contributed by atoms with van der Waals surface area (Å²) in [5.74, 6) is -0.349. The summed E-state index contributed by atoms with van der Waals surface area (Å²) in [6.45, 7) is 10.3. The summed E-state index contributed by atoms with van der Waals surface area (Å²) in [6.07, 6.45) is 19.0. The lowest BCUT2D eigenvalue weighted by molar-refractivity contribution is -0.130. The Morgan fingerprint density at radius 1 is 0.639 bits per heavy atom. The van der Waals surface area contributed by atoms with Crippen molar-refractivity contribution >= 4 is 35.1 Å². The van der Waals surface area contributed by atoms with E-state index >= 15 is 0 Å². The Kier molecular flexibility index (Phi) is 19.3. The van der Waals surface area contributed by atoms with Gasteiger partial charge in [-0.15, -0.1) is 13.2 Å². The van der Waals surface area contributed by atoms with E-state index in [2.05, 4.69) is 13.2 Å². The van der Waals surface area contributed by atoms with E-state index in [1.807, 2.05) is 60.7 Å². The minimum Gasteiger partial charge on any atom is -0.493 e. The van der Waals surface area contributed by atoms with Crippen LogP contribution in [0, 0.1) is 11.8 Å². The van der Waals surface area contributed by atoms with Crippen molar-refractivity contribution in [2.24, 2.45) is 11.8 Å². The Hall–Kier alpha value is -5.00. The van der Waals surface area contributed by atoms with Gasteiger partial charge in [-0.2, -0.15) is 0 Å². The predicted octanol–water partition coefficient (Wildman–Crippen LogP) is 9.06. The molecular formula is C51H66N2O8. The molecule has 3 aromatic rings. The van der Waals surface area contributed by atoms with E-state index in [4.69, 9.17) is 30.4 Å². The average molecular weight is 835 g/mol. The number of aliphatic hydroxyl groups is 2. The number of carbonyl (C=O) groups excluding carboxylic acids is 2. The van der Waals surface area contributed by atoms with Crippen LogP contribution in [0.3, 0.4) is 0 Å². The van der Waals surface area contributed by atoms with E-state index < -0.39 is 29.7 Å². The third-order valence-electron chi connectivity index (χ3n) is 11.7. The molecule has 0 amide bonds. The first-order valence-corrected chi connectivity index (χ1v) is 22.0. The molecule has 2 aliphatic rings. The Morgan fingerprint density at radius 2 is 1.07 bits per heavy atom. The van der Waals surface area contributed by atoms with Crippen LogP contribution in [0.1, 0.15) is 99.7 Å². The van der Waals surface area contributed by atoms with Crippen molar-refractivity contribution in [1.82, 2.24) is 0 Å². The van der Waals surface area contributed by atoms with Crippen LogP contribution in [0.2, 0.25) is 0 Å². The van der Waals surface area contributed by atoms with Gasteiger partial charge in [-0.05, 0) is 154 Å². The van der Waals surface area contributed by atoms with Crippen molar-refractivity contribution in [3.05, 3.63) is 121 Å². The summed E-state index contributed by atoms with van der Waals surface area (Å²) in [7, 11) is 0. The number of carbonyl (C=O) groups is 2. The number of allylic oxidation sites excluding steroid dienone is 2. The van der Waals surface area contributed by atoms with E-state index in [1.165, 1.54) is 24.3 Å². The third kappa shape index (κ3) is 15.4. The van der Waals surface area contributed by atoms with E-state index in [-0.39, 0.29) is 11.3 Å². The molecular weight excluding hydrogens is 769 g/mol. The van der Waals surface area contributed by atoms with Crippen LogP contribution in [-0.2, 0) is 19.1 Å². The monoisotopic (exact) mass is 834 g/mol. The van der Waals surface area contributed by atoms with Gasteiger partial charge >= 0.3 is 0 Å². The highest BCUT2D eigenvalue weighted by atomic mass is 16.5. The van der Waals surface area contributed by atoms with Crippen LogP contribution in [0.5, 0.6) is 11.5 Å². The molecule has 10 nitrogen and oxygen atoms in total. The van der Waals surface area contributed by atoms with Crippen molar-refractivity contribution < 1.29 is 38.7 Å². The summed E-state index contributed by atoms with van der Waals surface area (Å²) < 4.78 is 24.2. The normalized spacial score (nSPS) is 20.8. The molecule has 0 heterocycles. The van der Waals surface area contributed by atoms with E-state index in [0.717, 1.165) is 102 Å². The quantitative estimate of drug-likeness (QED) is 0.0280. The summed E-state index contributed by atoms with van der Waals surface area (Å²) in [5.41, 5.74) is 14.3. The zero-order valence-corrected chi connectivity index (χ0v) is 35.6. The molecule has 61 heavy (non-hydrogen) atoms. The molecule has 0 bridgehead atoms. The standard InChI is InChI=1S/C51H66N2O8/c1-3-5-7-31-58-41-24-13-38(14-25-41)34-60-43-20-9-36(10-21-43)17-29-47(54)50(56)49(45-28-19-40(52)33-46(45)53)51(57)48(55)30-18-37-11-22-44(23-12-37)61-35-39-15-26-42(27-16-39)59-32-8-6-4-2/h3-4,9-12,17-23,28-30,33,38-39,41-42,49-51,56-57H,1-2,5-8,13-16,24-27,31-32,34-35,52-53H2/b29-17+,30-18+. The fraction of sp³-hybridized carbons (Fsp3) is 0.451. The van der Waals surface area contributed by atoms with Gasteiger partial charge in [0.15, 0.2) is 11.6 Å². The zero-order chi connectivity index (χ0) is 43.4. The molecule has 0 radical (unpaired) electrons. The van der Waals surface area contributed by atoms with Gasteiger partial charge in [0, 0.05) is 24.6 Å². The lowest BCUT2D eigenvalue weighted by Crippen LogP contribution is -2.39. The van der Waals surface area contributed by atoms with Crippen molar-refractivity contribution in [2.45, 2.75) is 107 Å². The first kappa shape index (κ1) is 47.1. The summed E-state index contributed by atoms with van der Waals surface area (Å²) >= 11 is 0. The molecule has 3 aromatic carbocycles. The second kappa shape index (κ2) is 25.1. The number of rotatable bonds is 25. The first-order chi connectivity index (χ1) is 29.6. The van der Waals surface area contributed by atoms with E-state index in [1.54, 1.807) is 18.2 Å². The number of hydrogen-bond donors (Lipinski definition) is 4. The molecule has 0 saturated heterocycles. The number of nitrogens with two attached hydrogens (primary N) is 2. The third-order valence-corrected chi connectivity index (χ3v) is 11.7. The second-order valence-corrected chi connectivity index (χ2v) is 16.4. The number of unbranched alkanes of at least 4 members (excludes halogenated alkanes) is 2. The highest BCUT2D eigenvalue weighted by Crippen LogP contribution is 2.33. The molecule has 10 heteroatoms. The van der Waals surface area contributed by atoms with Crippen LogP contribution in [0.15, 0.2) is 104 Å². The van der Waals surface area contributed by atoms with Crippen LogP contribution in [-0.4, -0.2) is 72.6 Å². The van der Waals surface area contributed by atoms with Gasteiger partial charge in [-0.1, -0.05) is 54.6 Å². The van der Waals surface area contributed by atoms with Gasteiger partial charge in [0.2, 0.25) is 0 Å². The lowest BCUT2D eigenvalue weighted by Gasteiger charge is -2.28. The number of ketones is 2. The fourth-order valence-corrected chi connectivity index (χ4v) is 7.98. The second-order valence-electron chi connectivity index (χ2n) is 16.4. The molecule has 2 saturated carbocycles. The summed E-state index contributed by atoms with van der Waals surface area (Å²) in [4.78, 5) is 26.9. The molecule has 2 atom stereocenters. The summed E-state index contributed by atoms with van der Waals surface area (Å²) in [5, 5.41) is 22.8. The van der Waals surface area contributed by atoms with Gasteiger partial charge in [0.1, 0.15) is 23.7 Å². The minimum absolute atomic E-state index is 0.143. The van der Waals surface area contributed by atoms with Crippen molar-refractivity contribution in [2.75, 3.05) is 37.9 Å². The minimum atomic E-state index is -1.79. The molecule has 0 aliphatic heterocycles. The van der Waals surface area contributed by atoms with Crippen LogP contribution >= 0.6 is 0 Å². The van der Waals surface area contributed by atoms with Crippen LogP contribution in [0.25, 0.3) is 12.2 Å². The van der Waals surface area contributed by atoms with Gasteiger partial charge in [0.25, 0.3) is 0 Å². The highest BCUT2D eigenvalue weighted by Gasteiger charge is 2.36. The maximum absolute atomic E-state index is 13.4. The first-order valence-electron chi connectivity index (χ1n) is 22.0. The number of aliphatic hydroxyl groups excluding tert-OH is 2. The topological polar surface area (TPSA) is 164 Å². The fourth-order valence-electron chi connectivity index (χ4n) is 7.98. The Balaban J connectivity index is 1.11. The molecule has 2 unspecified atom stereocenters. The van der Waals surface area contributed by atoms with Crippen molar-refractivity contribution in [1.29, 1.82) is 0 Å². The largest absolute Gasteiger partial charge is 0.493 e. The molecule has 0 spiro atoms. The number of hydrogen-bond acceptors (Lipinski definition) is 10. The summed E-state index contributed by atoms with van der Waals surface area (Å²) in [6, 6.07) is 19.2. The van der Waals surface area contributed by atoms with Crippen LogP contribution in [0.4, 0.5) is 11.4 Å². The number of nitrogen functional groups attached to an aromatic ring is 2. The lowest BCUT2D eigenvalue weighted by atomic mass is 9.83. The smallest absolute Gasteiger partial charge is 0.184 e. The van der Waals surface area contributed by atoms with Crippen molar-refractivity contribution in [3.63, 3.8) is 0 Å². The van der Waals surface area contributed by atoms with Gasteiger partial charge < -0.3 is 40.6 Å². The number of ether oxygens (including phenoxy) is 4. The SMILES string of the molecule is C=CCCCOC1CCC(COc2ccc(/C=C/C(=O)C(O)C(c3ccc(N)cc3N)C(O)C(=O)/C=C/c3ccc(OCC4CCC(OCCCC=C)CC4)cc3)cc2)CC1. The molecule has 328 valence electrons. The molecule has 2 aliphatic carbocycles.